The third kappa shape index (κ3) is 2.44. The summed E-state index contributed by atoms with van der Waals surface area (Å²) in [6.07, 6.45) is -0.786. The number of carbonyl (C=O) groups is 2. The molecule has 2 unspecified atom stereocenters. The third-order valence-corrected chi connectivity index (χ3v) is 5.18. The van der Waals surface area contributed by atoms with Gasteiger partial charge in [0.1, 0.15) is 5.70 Å². The highest BCUT2D eigenvalue weighted by Crippen LogP contribution is 2.47. The molecule has 1 amide bonds. The second-order valence-electron chi connectivity index (χ2n) is 6.83. The van der Waals surface area contributed by atoms with Crippen molar-refractivity contribution in [3.63, 3.8) is 0 Å². The van der Waals surface area contributed by atoms with Crippen molar-refractivity contribution in [2.45, 2.75) is 32.0 Å². The predicted molar refractivity (Wildman–Crippen MR) is 85.7 cm³/mol. The van der Waals surface area contributed by atoms with E-state index >= 15 is 0 Å². The van der Waals surface area contributed by atoms with Crippen LogP contribution < -0.4 is 11.5 Å². The number of rotatable bonds is 5. The van der Waals surface area contributed by atoms with Crippen molar-refractivity contribution in [2.75, 3.05) is 19.6 Å². The number of aliphatic imine (C=N–C) groups is 1. The van der Waals surface area contributed by atoms with Gasteiger partial charge in [0, 0.05) is 25.6 Å². The first kappa shape index (κ1) is 16.7. The van der Waals surface area contributed by atoms with E-state index in [1.807, 2.05) is 6.92 Å². The molecule has 2 saturated heterocycles. The molecule has 0 aromatic heterocycles. The molecule has 0 spiro atoms. The van der Waals surface area contributed by atoms with Gasteiger partial charge in [-0.05, 0) is 12.5 Å². The topological polar surface area (TPSA) is 145 Å². The summed E-state index contributed by atoms with van der Waals surface area (Å²) in [6, 6.07) is -0.238. The van der Waals surface area contributed by atoms with Crippen molar-refractivity contribution in [3.05, 3.63) is 11.3 Å². The highest BCUT2D eigenvalue weighted by atomic mass is 16.4. The number of nitrogens with zero attached hydrogens (tertiary/aromatic N) is 3. The molecule has 2 fully saturated rings. The van der Waals surface area contributed by atoms with E-state index in [1.165, 1.54) is 4.90 Å². The minimum atomic E-state index is -1.10. The number of likely N-dealkylation sites (tertiary alicyclic amines) is 1. The van der Waals surface area contributed by atoms with Crippen LogP contribution in [0.15, 0.2) is 16.3 Å². The average molecular weight is 337 g/mol. The fourth-order valence-electron chi connectivity index (χ4n) is 4.06. The maximum absolute atomic E-state index is 12.2. The van der Waals surface area contributed by atoms with Gasteiger partial charge in [-0.25, -0.2) is 9.79 Å². The lowest BCUT2D eigenvalue weighted by Crippen LogP contribution is -2.63. The van der Waals surface area contributed by atoms with Crippen LogP contribution in [0.5, 0.6) is 0 Å². The number of hydrogen-bond donors (Lipinski definition) is 4. The molecule has 3 aliphatic heterocycles. The highest BCUT2D eigenvalue weighted by Gasteiger charge is 2.59. The largest absolute Gasteiger partial charge is 0.477 e. The molecule has 9 nitrogen and oxygen atoms in total. The minimum absolute atomic E-state index is 0.0319. The van der Waals surface area contributed by atoms with E-state index in [2.05, 4.69) is 9.89 Å². The van der Waals surface area contributed by atoms with E-state index in [1.54, 1.807) is 6.92 Å². The molecule has 0 aromatic rings. The summed E-state index contributed by atoms with van der Waals surface area (Å²) in [4.78, 5) is 31.4. The van der Waals surface area contributed by atoms with E-state index in [0.29, 0.717) is 19.6 Å². The molecule has 0 aromatic carbocycles. The first-order valence-electron chi connectivity index (χ1n) is 8.01. The lowest BCUT2D eigenvalue weighted by Gasteiger charge is -2.46. The number of aliphatic hydroxyl groups is 1. The molecule has 0 bridgehead atoms. The van der Waals surface area contributed by atoms with Crippen LogP contribution in [0.3, 0.4) is 0 Å². The quantitative estimate of drug-likeness (QED) is 0.261. The fraction of sp³-hybridized carbons (Fsp3) is 0.667. The lowest BCUT2D eigenvalue weighted by molar-refractivity contribution is -0.163. The number of guanidine groups is 1. The molecule has 0 radical (unpaired) electrons. The number of carboxylic acids is 1. The van der Waals surface area contributed by atoms with Crippen LogP contribution >= 0.6 is 0 Å². The highest BCUT2D eigenvalue weighted by molar-refractivity contribution is 6.00. The number of aliphatic carboxylic acids is 1. The van der Waals surface area contributed by atoms with Gasteiger partial charge < -0.3 is 26.6 Å². The van der Waals surface area contributed by atoms with Gasteiger partial charge in [-0.15, -0.1) is 0 Å². The Hall–Kier alpha value is -2.13. The van der Waals surface area contributed by atoms with Gasteiger partial charge in [0.25, 0.3) is 0 Å². The molecular formula is C15H23N5O4. The summed E-state index contributed by atoms with van der Waals surface area (Å²) < 4.78 is 0. The number of aliphatic hydroxyl groups excluding tert-OH is 1. The number of carbonyl (C=O) groups excluding carboxylic acids is 1. The SMILES string of the molecule is C[C@@H](O)C1C(=O)N2C(C(=O)O)=C(CN3CC(N=C(N)N)C3)[C@H](C)C12. The Kier molecular flexibility index (Phi) is 4.00. The second-order valence-corrected chi connectivity index (χ2v) is 6.83. The Morgan fingerprint density at radius 3 is 2.54 bits per heavy atom. The maximum atomic E-state index is 12.2. The van der Waals surface area contributed by atoms with Crippen LogP contribution in [0, 0.1) is 11.8 Å². The zero-order chi connectivity index (χ0) is 17.8. The Morgan fingerprint density at radius 1 is 1.42 bits per heavy atom. The standard InChI is InChI=1S/C15H23N5O4/c1-6-9(5-19-3-8(4-19)18-15(16)17)12(14(23)24)20-11(6)10(7(2)21)13(20)22/h6-8,10-11,21H,3-5H2,1-2H3,(H,23,24)(H4,16,17,18)/t6-,7+,10?,11?/m0/s1. The minimum Gasteiger partial charge on any atom is -0.477 e. The molecule has 3 rings (SSSR count). The predicted octanol–water partition coefficient (Wildman–Crippen LogP) is -1.86. The summed E-state index contributed by atoms with van der Waals surface area (Å²) in [5.74, 6) is -1.99. The van der Waals surface area contributed by atoms with Crippen LogP contribution in [0.25, 0.3) is 0 Å². The van der Waals surface area contributed by atoms with Gasteiger partial charge in [0.2, 0.25) is 5.91 Å². The van der Waals surface area contributed by atoms with E-state index < -0.39 is 18.0 Å². The van der Waals surface area contributed by atoms with Crippen molar-refractivity contribution < 1.29 is 19.8 Å². The zero-order valence-electron chi connectivity index (χ0n) is 13.7. The number of hydrogen-bond acceptors (Lipinski definition) is 5. The maximum Gasteiger partial charge on any atom is 0.352 e. The number of carboxylic acid groups (broad SMARTS) is 1. The number of nitrogens with two attached hydrogens (primary N) is 2. The molecule has 132 valence electrons. The van der Waals surface area contributed by atoms with Crippen molar-refractivity contribution in [1.82, 2.24) is 9.80 Å². The fourth-order valence-corrected chi connectivity index (χ4v) is 4.06. The van der Waals surface area contributed by atoms with E-state index in [0.717, 1.165) is 5.57 Å². The van der Waals surface area contributed by atoms with Gasteiger partial charge in [0.05, 0.1) is 24.1 Å². The molecular weight excluding hydrogens is 314 g/mol. The zero-order valence-corrected chi connectivity index (χ0v) is 13.7. The molecule has 24 heavy (non-hydrogen) atoms. The molecule has 0 aliphatic carbocycles. The smallest absolute Gasteiger partial charge is 0.352 e. The second kappa shape index (κ2) is 5.75. The van der Waals surface area contributed by atoms with Crippen molar-refractivity contribution >= 4 is 17.8 Å². The molecule has 3 aliphatic rings. The summed E-state index contributed by atoms with van der Waals surface area (Å²) in [6.45, 7) is 5.25. The molecule has 6 N–H and O–H groups in total. The van der Waals surface area contributed by atoms with E-state index in [4.69, 9.17) is 11.5 Å². The Balaban J connectivity index is 1.76. The summed E-state index contributed by atoms with van der Waals surface area (Å²) >= 11 is 0. The molecule has 0 saturated carbocycles. The lowest BCUT2D eigenvalue weighted by atomic mass is 9.77. The summed E-state index contributed by atoms with van der Waals surface area (Å²) in [5, 5.41) is 19.4. The van der Waals surface area contributed by atoms with Crippen molar-refractivity contribution in [3.8, 4) is 0 Å². The summed E-state index contributed by atoms with van der Waals surface area (Å²) in [5.41, 5.74) is 11.5. The number of amides is 1. The number of fused-ring (bicyclic) bond motifs is 1. The molecule has 4 atom stereocenters. The third-order valence-electron chi connectivity index (χ3n) is 5.18. The van der Waals surface area contributed by atoms with Crippen LogP contribution in [0.1, 0.15) is 13.8 Å². The van der Waals surface area contributed by atoms with Crippen LogP contribution in [0.4, 0.5) is 0 Å². The summed E-state index contributed by atoms with van der Waals surface area (Å²) in [7, 11) is 0. The van der Waals surface area contributed by atoms with Gasteiger partial charge >= 0.3 is 5.97 Å². The average Bonchev–Trinajstić information content (AvgIpc) is 2.65. The monoisotopic (exact) mass is 337 g/mol. The van der Waals surface area contributed by atoms with Gasteiger partial charge in [-0.3, -0.25) is 9.69 Å². The van der Waals surface area contributed by atoms with Gasteiger partial charge in [-0.1, -0.05) is 6.92 Å². The van der Waals surface area contributed by atoms with E-state index in [-0.39, 0.29) is 35.6 Å². The Morgan fingerprint density at radius 2 is 2.04 bits per heavy atom. The Bertz CT molecular complexity index is 634. The van der Waals surface area contributed by atoms with Crippen LogP contribution in [-0.2, 0) is 9.59 Å². The van der Waals surface area contributed by atoms with E-state index in [9.17, 15) is 19.8 Å². The molecule has 3 heterocycles. The van der Waals surface area contributed by atoms with Crippen molar-refractivity contribution in [2.24, 2.45) is 28.3 Å². The molecule has 9 heteroatoms. The normalized spacial score (nSPS) is 31.4. The first-order chi connectivity index (χ1) is 11.2. The number of β-lactam (4-membered cyclic amide) rings is 1. The first-order valence-corrected chi connectivity index (χ1v) is 8.01. The van der Waals surface area contributed by atoms with Gasteiger partial charge in [-0.2, -0.15) is 0 Å². The Labute approximate surface area is 139 Å². The van der Waals surface area contributed by atoms with Crippen LogP contribution in [-0.4, -0.2) is 75.7 Å². The van der Waals surface area contributed by atoms with Crippen LogP contribution in [0.2, 0.25) is 0 Å². The van der Waals surface area contributed by atoms with Crippen molar-refractivity contribution in [1.29, 1.82) is 0 Å². The van der Waals surface area contributed by atoms with Gasteiger partial charge in [0.15, 0.2) is 5.96 Å².